The summed E-state index contributed by atoms with van der Waals surface area (Å²) in [7, 11) is 0. The monoisotopic (exact) mass is 273 g/mol. The maximum absolute atomic E-state index is 13.9. The maximum atomic E-state index is 13.9. The molecule has 0 bridgehead atoms. The summed E-state index contributed by atoms with van der Waals surface area (Å²) in [5.74, 6) is 0.437. The average molecular weight is 273 g/mol. The molecule has 0 saturated carbocycles. The van der Waals surface area contributed by atoms with Crippen LogP contribution in [0.2, 0.25) is 0 Å². The molecule has 0 unspecified atom stereocenters. The van der Waals surface area contributed by atoms with Crippen LogP contribution in [-0.2, 0) is 12.0 Å². The molecule has 2 rings (SSSR count). The van der Waals surface area contributed by atoms with E-state index in [2.05, 4.69) is 20.8 Å². The van der Waals surface area contributed by atoms with Gasteiger partial charge in [0.05, 0.1) is 0 Å². The van der Waals surface area contributed by atoms with E-state index in [0.717, 1.165) is 5.56 Å². The Hall–Kier alpha value is -1.87. The number of nitrogens with two attached hydrogens (primary N) is 1. The zero-order valence-electron chi connectivity index (χ0n) is 12.1. The van der Waals surface area contributed by atoms with Crippen molar-refractivity contribution in [1.29, 1.82) is 0 Å². The van der Waals surface area contributed by atoms with E-state index < -0.39 is 5.82 Å². The van der Waals surface area contributed by atoms with Crippen LogP contribution in [0.4, 0.5) is 4.39 Å². The van der Waals surface area contributed by atoms with Gasteiger partial charge in [-0.15, -0.1) is 0 Å². The molecule has 0 aliphatic rings. The summed E-state index contributed by atoms with van der Waals surface area (Å²) in [6, 6.07) is 12.5. The number of hydrogen-bond donors (Lipinski definition) is 1. The second-order valence-corrected chi connectivity index (χ2v) is 5.81. The summed E-state index contributed by atoms with van der Waals surface area (Å²) in [6.45, 7) is 6.62. The van der Waals surface area contributed by atoms with Gasteiger partial charge in [-0.2, -0.15) is 0 Å². The standard InChI is InChI=1S/C17H20FNO/c1-17(2,3)13-7-5-8-14(10-13)20-16-12(11-19)6-4-9-15(16)18/h4-10H,11,19H2,1-3H3. The Labute approximate surface area is 119 Å². The third-order valence-corrected chi connectivity index (χ3v) is 3.19. The van der Waals surface area contributed by atoms with E-state index in [1.54, 1.807) is 12.1 Å². The van der Waals surface area contributed by atoms with Crippen LogP contribution in [0, 0.1) is 5.82 Å². The van der Waals surface area contributed by atoms with Crippen LogP contribution in [0.15, 0.2) is 42.5 Å². The van der Waals surface area contributed by atoms with E-state index in [1.165, 1.54) is 6.07 Å². The van der Waals surface area contributed by atoms with E-state index in [0.29, 0.717) is 11.3 Å². The van der Waals surface area contributed by atoms with E-state index in [4.69, 9.17) is 10.5 Å². The minimum atomic E-state index is -0.394. The van der Waals surface area contributed by atoms with E-state index >= 15 is 0 Å². The molecular formula is C17H20FNO. The van der Waals surface area contributed by atoms with Gasteiger partial charge in [0.25, 0.3) is 0 Å². The molecule has 20 heavy (non-hydrogen) atoms. The van der Waals surface area contributed by atoms with Gasteiger partial charge in [0, 0.05) is 12.1 Å². The van der Waals surface area contributed by atoms with Crippen LogP contribution in [-0.4, -0.2) is 0 Å². The second kappa shape index (κ2) is 5.63. The van der Waals surface area contributed by atoms with Gasteiger partial charge in [0.15, 0.2) is 11.6 Å². The minimum Gasteiger partial charge on any atom is -0.454 e. The molecule has 0 aliphatic carbocycles. The molecule has 106 valence electrons. The molecule has 0 amide bonds. The van der Waals surface area contributed by atoms with Gasteiger partial charge in [-0.3, -0.25) is 0 Å². The van der Waals surface area contributed by atoms with Crippen molar-refractivity contribution < 1.29 is 9.13 Å². The first-order valence-corrected chi connectivity index (χ1v) is 6.67. The highest BCUT2D eigenvalue weighted by Crippen LogP contribution is 2.31. The zero-order valence-corrected chi connectivity index (χ0v) is 12.1. The Balaban J connectivity index is 2.36. The van der Waals surface area contributed by atoms with Crippen molar-refractivity contribution in [2.75, 3.05) is 0 Å². The zero-order chi connectivity index (χ0) is 14.8. The smallest absolute Gasteiger partial charge is 0.167 e. The molecule has 0 atom stereocenters. The van der Waals surface area contributed by atoms with E-state index in [1.807, 2.05) is 24.3 Å². The van der Waals surface area contributed by atoms with Gasteiger partial charge in [-0.25, -0.2) is 4.39 Å². The second-order valence-electron chi connectivity index (χ2n) is 5.81. The van der Waals surface area contributed by atoms with Crippen LogP contribution in [0.1, 0.15) is 31.9 Å². The molecule has 0 aromatic heterocycles. The topological polar surface area (TPSA) is 35.2 Å². The quantitative estimate of drug-likeness (QED) is 0.901. The molecule has 2 aromatic carbocycles. The molecule has 0 aliphatic heterocycles. The van der Waals surface area contributed by atoms with Crippen LogP contribution >= 0.6 is 0 Å². The van der Waals surface area contributed by atoms with Gasteiger partial charge < -0.3 is 10.5 Å². The van der Waals surface area contributed by atoms with Crippen molar-refractivity contribution >= 4 is 0 Å². The molecule has 0 fully saturated rings. The molecular weight excluding hydrogens is 253 g/mol. The number of benzene rings is 2. The van der Waals surface area contributed by atoms with Crippen LogP contribution < -0.4 is 10.5 Å². The third-order valence-electron chi connectivity index (χ3n) is 3.19. The lowest BCUT2D eigenvalue weighted by Crippen LogP contribution is -2.10. The Morgan fingerprint density at radius 2 is 1.80 bits per heavy atom. The van der Waals surface area contributed by atoms with Crippen molar-refractivity contribution in [1.82, 2.24) is 0 Å². The summed E-state index contributed by atoms with van der Waals surface area (Å²) in [6.07, 6.45) is 0. The van der Waals surface area contributed by atoms with Gasteiger partial charge in [-0.05, 0) is 29.2 Å². The van der Waals surface area contributed by atoms with Crippen molar-refractivity contribution in [3.8, 4) is 11.5 Å². The largest absolute Gasteiger partial charge is 0.454 e. The molecule has 0 spiro atoms. The predicted octanol–water partition coefficient (Wildman–Crippen LogP) is 4.37. The number of halogens is 1. The fraction of sp³-hybridized carbons (Fsp3) is 0.294. The Kier molecular flexibility index (Phi) is 4.09. The fourth-order valence-electron chi connectivity index (χ4n) is 1.97. The number of para-hydroxylation sites is 1. The molecule has 2 aromatic rings. The summed E-state index contributed by atoms with van der Waals surface area (Å²) in [5, 5.41) is 0. The lowest BCUT2D eigenvalue weighted by molar-refractivity contribution is 0.434. The molecule has 2 N–H and O–H groups in total. The van der Waals surface area contributed by atoms with Crippen molar-refractivity contribution in [2.45, 2.75) is 32.7 Å². The molecule has 2 nitrogen and oxygen atoms in total. The third kappa shape index (κ3) is 3.17. The first kappa shape index (κ1) is 14.5. The summed E-state index contributed by atoms with van der Waals surface area (Å²) >= 11 is 0. The van der Waals surface area contributed by atoms with Crippen molar-refractivity contribution in [3.05, 3.63) is 59.4 Å². The fourth-order valence-corrected chi connectivity index (χ4v) is 1.97. The van der Waals surface area contributed by atoms with Crippen molar-refractivity contribution in [3.63, 3.8) is 0 Å². The molecule has 0 radical (unpaired) electrons. The molecule has 0 saturated heterocycles. The normalized spacial score (nSPS) is 11.4. The van der Waals surface area contributed by atoms with Crippen molar-refractivity contribution in [2.24, 2.45) is 5.73 Å². The minimum absolute atomic E-state index is 0.0191. The summed E-state index contributed by atoms with van der Waals surface area (Å²) in [5.41, 5.74) is 7.44. The number of rotatable bonds is 3. The number of ether oxygens (including phenoxy) is 1. The number of hydrogen-bond acceptors (Lipinski definition) is 2. The van der Waals surface area contributed by atoms with E-state index in [9.17, 15) is 4.39 Å². The van der Waals surface area contributed by atoms with Crippen LogP contribution in [0.25, 0.3) is 0 Å². The highest BCUT2D eigenvalue weighted by Gasteiger charge is 2.15. The Morgan fingerprint density at radius 1 is 1.10 bits per heavy atom. The SMILES string of the molecule is CC(C)(C)c1cccc(Oc2c(F)cccc2CN)c1. The summed E-state index contributed by atoms with van der Waals surface area (Å²) < 4.78 is 19.6. The predicted molar refractivity (Wildman–Crippen MR) is 79.5 cm³/mol. The molecule has 0 heterocycles. The van der Waals surface area contributed by atoms with Gasteiger partial charge >= 0.3 is 0 Å². The first-order chi connectivity index (χ1) is 9.41. The highest BCUT2D eigenvalue weighted by atomic mass is 19.1. The van der Waals surface area contributed by atoms with Gasteiger partial charge in [0.1, 0.15) is 5.75 Å². The summed E-state index contributed by atoms with van der Waals surface area (Å²) in [4.78, 5) is 0. The Morgan fingerprint density at radius 3 is 2.45 bits per heavy atom. The lowest BCUT2D eigenvalue weighted by atomic mass is 9.87. The van der Waals surface area contributed by atoms with Gasteiger partial charge in [0.2, 0.25) is 0 Å². The average Bonchev–Trinajstić information content (AvgIpc) is 2.40. The van der Waals surface area contributed by atoms with Crippen LogP contribution in [0.5, 0.6) is 11.5 Å². The highest BCUT2D eigenvalue weighted by molar-refractivity contribution is 5.41. The van der Waals surface area contributed by atoms with Crippen LogP contribution in [0.3, 0.4) is 0 Å². The van der Waals surface area contributed by atoms with E-state index in [-0.39, 0.29) is 17.7 Å². The lowest BCUT2D eigenvalue weighted by Gasteiger charge is -2.20. The molecule has 3 heteroatoms. The Bertz CT molecular complexity index is 602. The maximum Gasteiger partial charge on any atom is 0.167 e. The first-order valence-electron chi connectivity index (χ1n) is 6.67. The van der Waals surface area contributed by atoms with Gasteiger partial charge in [-0.1, -0.05) is 45.0 Å².